The summed E-state index contributed by atoms with van der Waals surface area (Å²) in [6.07, 6.45) is 37.7. The van der Waals surface area contributed by atoms with Crippen LogP contribution in [0, 0.1) is 71.0 Å². The average molecular weight is 2040 g/mol. The van der Waals surface area contributed by atoms with Gasteiger partial charge in [0.2, 0.25) is 5.91 Å². The molecule has 11 N–H and O–H groups in total. The van der Waals surface area contributed by atoms with Crippen LogP contribution in [-0.2, 0) is 113 Å². The number of fused-ring (bicyclic) bond motifs is 8. The number of amides is 1. The number of piperazine rings is 1. The third-order valence-corrected chi connectivity index (χ3v) is 33.4. The molecule has 0 bridgehead atoms. The van der Waals surface area contributed by atoms with Gasteiger partial charge in [0.05, 0.1) is 30.8 Å². The van der Waals surface area contributed by atoms with Gasteiger partial charge in [-0.25, -0.2) is 19.2 Å². The van der Waals surface area contributed by atoms with Crippen molar-refractivity contribution in [1.29, 1.82) is 0 Å². The molecule has 2 unspecified atom stereocenters. The van der Waals surface area contributed by atoms with Gasteiger partial charge >= 0.3 is 47.8 Å². The van der Waals surface area contributed by atoms with Crippen LogP contribution in [0.1, 0.15) is 330 Å². The van der Waals surface area contributed by atoms with E-state index < -0.39 is 36.0 Å². The van der Waals surface area contributed by atoms with Crippen LogP contribution in [0.5, 0.6) is 23.0 Å². The summed E-state index contributed by atoms with van der Waals surface area (Å²) in [7, 11) is 2.05. The SMILES string of the molecule is CCCCCC(N)C(=O)O[C@@H](CCCCC)CC[C@@H]1[C@H]2Cc3cccc(OCC(=O)O)c3C[C@H]2C[C@H]1O.CCCCC[C@@H](CC[C@@H]1[C@H]2Cc3cccc(OCC(=O)O)c3C[C@H]2C[C@H]1O)OC(=O)C1CCCN1.CCCCC[C@@H](CC[C@@H]1[C@H]2Cc3cccc(OCC(=O)O)c3C[C@H]2C[C@H]1O)OC(=O)CCC.CCCCC[C@@H](CC[C@@H]1[C@H]2Cc3cccc(OCC(=O)O)c3C[C@H]2C[C@H]1O)OC(=O)CCC(=O)N1CCN(C)CC1. The number of hydrogen-bond donors (Lipinski definition) is 10. The first-order chi connectivity index (χ1) is 70.5. The van der Waals surface area contributed by atoms with Crippen LogP contribution < -0.4 is 30.0 Å². The minimum atomic E-state index is -0.997. The Morgan fingerprint density at radius 3 is 0.979 bits per heavy atom. The zero-order chi connectivity index (χ0) is 105. The number of hydrogen-bond acceptors (Lipinski definition) is 24. The number of nitrogens with one attached hydrogen (secondary N) is 1. The number of nitrogens with zero attached hydrogens (tertiary/aromatic N) is 2. The molecule has 0 aromatic heterocycles. The maximum absolute atomic E-state index is 12.8. The number of aliphatic hydroxyl groups excluding tert-OH is 4. The summed E-state index contributed by atoms with van der Waals surface area (Å²) >= 11 is 0. The summed E-state index contributed by atoms with van der Waals surface area (Å²) in [6, 6.07) is 22.7. The normalized spacial score (nSPS) is 25.4. The van der Waals surface area contributed by atoms with Gasteiger partial charge in [0.25, 0.3) is 0 Å². The first kappa shape index (κ1) is 117. The van der Waals surface area contributed by atoms with Crippen molar-refractivity contribution in [1.82, 2.24) is 15.1 Å². The van der Waals surface area contributed by atoms with Crippen LogP contribution in [0.25, 0.3) is 0 Å². The zero-order valence-electron chi connectivity index (χ0n) is 88.5. The van der Waals surface area contributed by atoms with Crippen LogP contribution in [0.2, 0.25) is 0 Å². The van der Waals surface area contributed by atoms with Crippen LogP contribution in [-0.4, -0.2) is 231 Å². The lowest BCUT2D eigenvalue weighted by atomic mass is 9.73. The third kappa shape index (κ3) is 35.6. The number of aliphatic carboxylic acids is 4. The number of rotatable bonds is 55. The quantitative estimate of drug-likeness (QED) is 0.0111. The van der Waals surface area contributed by atoms with E-state index in [-0.39, 0.29) is 141 Å². The van der Waals surface area contributed by atoms with Crippen molar-refractivity contribution in [2.45, 2.75) is 398 Å². The fourth-order valence-corrected chi connectivity index (χ4v) is 25.6. The first-order valence-electron chi connectivity index (χ1n) is 56.3. The molecule has 2 heterocycles. The van der Waals surface area contributed by atoms with Gasteiger partial charge < -0.3 is 99.6 Å². The van der Waals surface area contributed by atoms with Gasteiger partial charge in [-0.05, 0) is 359 Å². The van der Waals surface area contributed by atoms with E-state index in [1.165, 1.54) is 22.3 Å². The highest BCUT2D eigenvalue weighted by molar-refractivity contribution is 5.82. The van der Waals surface area contributed by atoms with Crippen molar-refractivity contribution in [2.75, 3.05) is 66.2 Å². The molecule has 814 valence electrons. The Labute approximate surface area is 867 Å². The zero-order valence-corrected chi connectivity index (χ0v) is 88.5. The van der Waals surface area contributed by atoms with Crippen LogP contribution in [0.3, 0.4) is 0 Å². The van der Waals surface area contributed by atoms with Crippen LogP contribution in [0.15, 0.2) is 72.8 Å². The van der Waals surface area contributed by atoms with Gasteiger partial charge in [-0.15, -0.1) is 0 Å². The first-order valence-corrected chi connectivity index (χ1v) is 56.3. The van der Waals surface area contributed by atoms with Crippen molar-refractivity contribution in [2.24, 2.45) is 76.7 Å². The van der Waals surface area contributed by atoms with E-state index in [2.05, 4.69) is 69.1 Å². The maximum Gasteiger partial charge on any atom is 0.341 e. The minimum absolute atomic E-state index is 0.0202. The molecule has 4 aromatic rings. The lowest BCUT2D eigenvalue weighted by molar-refractivity contribution is -0.153. The van der Waals surface area contributed by atoms with Gasteiger partial charge in [0, 0.05) is 39.0 Å². The van der Waals surface area contributed by atoms with Gasteiger partial charge in [-0.1, -0.05) is 161 Å². The average Bonchev–Trinajstić information content (AvgIpc) is 1.60. The molecule has 0 spiro atoms. The van der Waals surface area contributed by atoms with E-state index in [9.17, 15) is 63.6 Å². The molecule has 2 saturated heterocycles. The molecule has 29 heteroatoms. The standard InChI is InChI=1S/C32H48N2O7.C30H47NO6.C28H41NO6.C27H40O6/c1-3-4-5-8-24(41-32(39)13-12-30(36)34-16-14-33(2)15-17-34)10-11-25-26-18-22-7-6-9-29(40-21-31(37)38)27(22)19-23(26)20-28(25)35;1-3-5-7-11-22(37-30(35)26(31)12-8-6-4-2)14-15-23-24-16-20-10-9-13-28(36-19-29(33)34)25(20)17-21(24)18-27(23)32;1-2-3-4-8-20(35-28(33)24-9-6-13-29-24)11-12-21-22-14-18-7-5-10-26(34-17-27(31)32)23(18)15-19(22)16-25(21)30;1-3-5-6-10-20(33-27(31)8-4-2)12-13-21-22-14-18-9-7-11-25(32-17-26(29)30)23(18)15-19(22)16-24(21)28/h6-7,9,23-26,28,35H,3-5,8,10-21H2,1-2H3,(H,37,38);9-10,13,21-24,26-27,32H,3-8,11-12,14-19,31H2,1-2H3,(H,33,34);5,7,10,19-22,24-25,29-30H,2-4,6,8-9,11-17H2,1H3,(H,31,32);7,9,11,19-22,24,28H,3-6,8,10,12-17H2,1-2H3,(H,29,30)/t23-,24-,25+,26-,28+;21-,22-,23+,24-,26?,27+;19-,20-,21+,22-,24?,25+;19-,20-,21+,22-,24+/m0000/s1. The molecule has 29 nitrogen and oxygen atoms in total. The van der Waals surface area contributed by atoms with E-state index in [0.717, 1.165) is 305 Å². The molecule has 14 rings (SSSR count). The Morgan fingerprint density at radius 2 is 0.678 bits per heavy atom. The molecule has 4 aromatic carbocycles. The van der Waals surface area contributed by atoms with Crippen molar-refractivity contribution in [3.63, 3.8) is 0 Å². The molecule has 146 heavy (non-hydrogen) atoms. The van der Waals surface area contributed by atoms with Crippen molar-refractivity contribution in [3.8, 4) is 23.0 Å². The highest BCUT2D eigenvalue weighted by Gasteiger charge is 2.50. The number of carboxylic acid groups (broad SMARTS) is 4. The summed E-state index contributed by atoms with van der Waals surface area (Å²) in [5.74, 6) is 1.39. The number of likely N-dealkylation sites (N-methyl/N-ethyl adjacent to an activating group) is 1. The highest BCUT2D eigenvalue weighted by Crippen LogP contribution is 2.54. The van der Waals surface area contributed by atoms with E-state index in [1.54, 1.807) is 0 Å². The van der Waals surface area contributed by atoms with Crippen LogP contribution >= 0.6 is 0 Å². The van der Waals surface area contributed by atoms with E-state index >= 15 is 0 Å². The molecule has 0 radical (unpaired) electrons. The second-order valence-corrected chi connectivity index (χ2v) is 43.8. The molecule has 10 aliphatic rings. The molecule has 2 aliphatic heterocycles. The molecule has 1 amide bonds. The van der Waals surface area contributed by atoms with Gasteiger partial charge in [-0.3, -0.25) is 24.0 Å². The number of carbonyl (C=O) groups excluding carboxylic acids is 5. The fourth-order valence-electron chi connectivity index (χ4n) is 25.6. The molecular weight excluding hydrogens is 1860 g/mol. The third-order valence-electron chi connectivity index (χ3n) is 33.4. The summed E-state index contributed by atoms with van der Waals surface area (Å²) < 4.78 is 45.9. The van der Waals surface area contributed by atoms with Gasteiger partial charge in [-0.2, -0.15) is 0 Å². The second kappa shape index (κ2) is 60.8. The smallest absolute Gasteiger partial charge is 0.341 e. The number of esters is 4. The highest BCUT2D eigenvalue weighted by atomic mass is 16.6. The lowest BCUT2D eigenvalue weighted by Crippen LogP contribution is -2.47. The molecule has 6 fully saturated rings. The minimum Gasteiger partial charge on any atom is -0.482 e. The van der Waals surface area contributed by atoms with E-state index in [4.69, 9.17) is 64.1 Å². The molecular formula is C117H176N4O25. The number of aliphatic hydroxyl groups is 4. The van der Waals surface area contributed by atoms with Crippen molar-refractivity contribution in [3.05, 3.63) is 117 Å². The Balaban J connectivity index is 0.000000186. The van der Waals surface area contributed by atoms with Crippen LogP contribution in [0.4, 0.5) is 0 Å². The summed E-state index contributed by atoms with van der Waals surface area (Å²) in [6.45, 7) is 15.4. The largest absolute Gasteiger partial charge is 0.482 e. The van der Waals surface area contributed by atoms with E-state index in [0.29, 0.717) is 103 Å². The Hall–Kier alpha value is -8.97. The number of carbonyl (C=O) groups is 9. The number of benzene rings is 4. The number of nitrogens with two attached hydrogens (primary N) is 1. The topological polar surface area (TPSA) is 434 Å². The predicted molar refractivity (Wildman–Crippen MR) is 557 cm³/mol. The number of carboxylic acids is 4. The number of ether oxygens (including phenoxy) is 8. The van der Waals surface area contributed by atoms with Gasteiger partial charge in [0.15, 0.2) is 26.4 Å². The van der Waals surface area contributed by atoms with Gasteiger partial charge in [0.1, 0.15) is 59.5 Å². The maximum atomic E-state index is 12.8. The lowest BCUT2D eigenvalue weighted by Gasteiger charge is -2.33. The molecule has 8 aliphatic carbocycles. The second-order valence-electron chi connectivity index (χ2n) is 43.8. The van der Waals surface area contributed by atoms with Crippen molar-refractivity contribution >= 4 is 53.7 Å². The Morgan fingerprint density at radius 1 is 0.370 bits per heavy atom. The molecule has 4 saturated carbocycles. The van der Waals surface area contributed by atoms with Crippen molar-refractivity contribution < 1.29 is 122 Å². The summed E-state index contributed by atoms with van der Waals surface area (Å²) in [5.41, 5.74) is 15.2. The summed E-state index contributed by atoms with van der Waals surface area (Å²) in [4.78, 5) is 111. The van der Waals surface area contributed by atoms with E-state index in [1.807, 2.05) is 67.4 Å². The molecule has 22 atom stereocenters. The summed E-state index contributed by atoms with van der Waals surface area (Å²) in [5, 5.41) is 83.3. The monoisotopic (exact) mass is 2040 g/mol. The predicted octanol–water partition coefficient (Wildman–Crippen LogP) is 17.6. The Bertz CT molecular complexity index is 4730. The Kier molecular flexibility index (Phi) is 48.8. The number of unbranched alkanes of at least 4 members (excludes halogenated alkanes) is 10. The fraction of sp³-hybridized carbons (Fsp3) is 0.718.